The van der Waals surface area contributed by atoms with E-state index in [0.717, 1.165) is 25.7 Å². The van der Waals surface area contributed by atoms with Crippen molar-refractivity contribution in [2.45, 2.75) is 72.3 Å². The Morgan fingerprint density at radius 3 is 2.52 bits per heavy atom. The van der Waals surface area contributed by atoms with Gasteiger partial charge in [-0.1, -0.05) is 26.3 Å². The Labute approximate surface area is 173 Å². The van der Waals surface area contributed by atoms with E-state index in [0.29, 0.717) is 53.6 Å². The molecule has 0 saturated heterocycles. The van der Waals surface area contributed by atoms with E-state index in [9.17, 15) is 14.4 Å². The molecule has 29 heavy (non-hydrogen) atoms. The molecular formula is C25H34O4. The van der Waals surface area contributed by atoms with Crippen LogP contribution >= 0.6 is 0 Å². The van der Waals surface area contributed by atoms with Gasteiger partial charge in [-0.05, 0) is 80.1 Å². The smallest absolute Gasteiger partial charge is 0.303 e. The number of ether oxygens (including phenoxy) is 1. The average molecular weight is 399 g/mol. The summed E-state index contributed by atoms with van der Waals surface area (Å²) >= 11 is 0. The molecule has 10 atom stereocenters. The van der Waals surface area contributed by atoms with E-state index in [4.69, 9.17) is 4.74 Å². The van der Waals surface area contributed by atoms with E-state index in [1.54, 1.807) is 6.92 Å². The summed E-state index contributed by atoms with van der Waals surface area (Å²) in [7, 11) is 0. The van der Waals surface area contributed by atoms with E-state index in [2.05, 4.69) is 20.8 Å². The van der Waals surface area contributed by atoms with E-state index >= 15 is 0 Å². The third-order valence-corrected chi connectivity index (χ3v) is 10.0. The van der Waals surface area contributed by atoms with Crippen LogP contribution in [0.15, 0.2) is 11.6 Å². The maximum Gasteiger partial charge on any atom is 0.303 e. The summed E-state index contributed by atoms with van der Waals surface area (Å²) in [5.74, 6) is 3.71. The Bertz CT molecular complexity index is 827. The topological polar surface area (TPSA) is 60.4 Å². The van der Waals surface area contributed by atoms with Crippen molar-refractivity contribution in [2.75, 3.05) is 0 Å². The van der Waals surface area contributed by atoms with Crippen LogP contribution in [0.4, 0.5) is 0 Å². The maximum atomic E-state index is 13.0. The quantitative estimate of drug-likeness (QED) is 0.648. The molecule has 4 heteroatoms. The van der Waals surface area contributed by atoms with Crippen molar-refractivity contribution < 1.29 is 19.1 Å². The molecule has 0 aromatic rings. The number of hydrogen-bond acceptors (Lipinski definition) is 4. The van der Waals surface area contributed by atoms with Gasteiger partial charge in [0.05, 0.1) is 0 Å². The highest BCUT2D eigenvalue weighted by Crippen LogP contribution is 2.77. The number of rotatable bonds is 2. The molecule has 4 nitrogen and oxygen atoms in total. The first-order valence-corrected chi connectivity index (χ1v) is 11.6. The first-order chi connectivity index (χ1) is 13.6. The Morgan fingerprint density at radius 1 is 1.14 bits per heavy atom. The van der Waals surface area contributed by atoms with Crippen molar-refractivity contribution in [1.29, 1.82) is 0 Å². The van der Waals surface area contributed by atoms with Gasteiger partial charge >= 0.3 is 5.97 Å². The zero-order valence-corrected chi connectivity index (χ0v) is 18.4. The van der Waals surface area contributed by atoms with Crippen molar-refractivity contribution >= 4 is 17.5 Å². The molecule has 0 amide bonds. The van der Waals surface area contributed by atoms with E-state index in [-0.39, 0.29) is 23.1 Å². The minimum Gasteiger partial charge on any atom is -0.450 e. The fraction of sp³-hybridized carbons (Fsp3) is 0.800. The SMILES string of the molecule is CC(=O)O[C@]1(C(C)=O)[C@H]2C[C@H]2[C@H]2[C@@H]3[C@H](C)[C@H](C)C4=CC(=O)CC[C@@H]4[C@H]3CC[C@@]21C. The fourth-order valence-corrected chi connectivity index (χ4v) is 8.95. The van der Waals surface area contributed by atoms with Crippen LogP contribution in [0.1, 0.15) is 66.7 Å². The molecule has 0 heterocycles. The molecule has 4 fully saturated rings. The van der Waals surface area contributed by atoms with E-state index in [1.807, 2.05) is 6.08 Å². The minimum absolute atomic E-state index is 0.0454. The average Bonchev–Trinajstić information content (AvgIpc) is 3.39. The Balaban J connectivity index is 1.59. The lowest BCUT2D eigenvalue weighted by atomic mass is 9.45. The molecule has 5 aliphatic carbocycles. The second-order valence-electron chi connectivity index (χ2n) is 11.0. The zero-order chi connectivity index (χ0) is 20.9. The first kappa shape index (κ1) is 19.5. The van der Waals surface area contributed by atoms with Crippen LogP contribution in [-0.2, 0) is 19.1 Å². The molecule has 0 aromatic carbocycles. The zero-order valence-electron chi connectivity index (χ0n) is 18.4. The molecule has 0 aliphatic heterocycles. The number of carbonyl (C=O) groups excluding carboxylic acids is 3. The molecule has 0 radical (unpaired) electrons. The van der Waals surface area contributed by atoms with Crippen molar-refractivity contribution in [2.24, 2.45) is 52.8 Å². The number of hydrogen-bond donors (Lipinski definition) is 0. The monoisotopic (exact) mass is 398 g/mol. The molecule has 0 N–H and O–H groups in total. The molecule has 158 valence electrons. The molecule has 0 spiro atoms. The van der Waals surface area contributed by atoms with Gasteiger partial charge in [0.1, 0.15) is 0 Å². The second kappa shape index (κ2) is 6.04. The normalized spacial score (nSPS) is 52.4. The molecule has 5 rings (SSSR count). The molecule has 4 saturated carbocycles. The number of fused-ring (bicyclic) bond motifs is 7. The first-order valence-electron chi connectivity index (χ1n) is 11.6. The Morgan fingerprint density at radius 2 is 1.86 bits per heavy atom. The number of Topliss-reactive ketones (excluding diaryl/α,β-unsaturated/α-hetero) is 1. The van der Waals surface area contributed by atoms with Crippen LogP contribution < -0.4 is 0 Å². The Hall–Kier alpha value is -1.45. The largest absolute Gasteiger partial charge is 0.450 e. The molecule has 0 bridgehead atoms. The minimum atomic E-state index is -0.930. The van der Waals surface area contributed by atoms with E-state index in [1.165, 1.54) is 12.5 Å². The van der Waals surface area contributed by atoms with Gasteiger partial charge in [-0.25, -0.2) is 0 Å². The summed E-state index contributed by atoms with van der Waals surface area (Å²) in [5, 5.41) is 0. The number of carbonyl (C=O) groups is 3. The van der Waals surface area contributed by atoms with Gasteiger partial charge in [-0.15, -0.1) is 0 Å². The van der Waals surface area contributed by atoms with Crippen molar-refractivity contribution in [3.05, 3.63) is 11.6 Å². The third-order valence-electron chi connectivity index (χ3n) is 10.0. The molecule has 0 unspecified atom stereocenters. The van der Waals surface area contributed by atoms with Gasteiger partial charge in [0, 0.05) is 24.7 Å². The summed E-state index contributed by atoms with van der Waals surface area (Å²) < 4.78 is 6.00. The second-order valence-corrected chi connectivity index (χ2v) is 11.0. The van der Waals surface area contributed by atoms with Crippen LogP contribution in [0, 0.1) is 52.8 Å². The van der Waals surface area contributed by atoms with Gasteiger partial charge in [0.2, 0.25) is 0 Å². The van der Waals surface area contributed by atoms with Crippen LogP contribution in [0.3, 0.4) is 0 Å². The van der Waals surface area contributed by atoms with Gasteiger partial charge in [0.25, 0.3) is 0 Å². The predicted molar refractivity (Wildman–Crippen MR) is 109 cm³/mol. The van der Waals surface area contributed by atoms with Gasteiger partial charge in [-0.2, -0.15) is 0 Å². The highest BCUT2D eigenvalue weighted by Gasteiger charge is 2.80. The highest BCUT2D eigenvalue weighted by atomic mass is 16.6. The van der Waals surface area contributed by atoms with Crippen LogP contribution in [0.25, 0.3) is 0 Å². The van der Waals surface area contributed by atoms with Crippen LogP contribution in [-0.4, -0.2) is 23.1 Å². The van der Waals surface area contributed by atoms with Crippen LogP contribution in [0.5, 0.6) is 0 Å². The van der Waals surface area contributed by atoms with Crippen molar-refractivity contribution in [1.82, 2.24) is 0 Å². The molecular weight excluding hydrogens is 364 g/mol. The highest BCUT2D eigenvalue weighted by molar-refractivity contribution is 5.91. The van der Waals surface area contributed by atoms with Crippen molar-refractivity contribution in [3.63, 3.8) is 0 Å². The number of ketones is 2. The maximum absolute atomic E-state index is 13.0. The summed E-state index contributed by atoms with van der Waals surface area (Å²) in [6, 6.07) is 0. The van der Waals surface area contributed by atoms with E-state index < -0.39 is 5.60 Å². The summed E-state index contributed by atoms with van der Waals surface area (Å²) in [5.41, 5.74) is 0.196. The third kappa shape index (κ3) is 2.29. The standard InChI is InChI=1S/C25H34O4/c1-12-13(2)22-18(17-7-6-16(28)10-19(12)17)8-9-24(5)23(22)20-11-21(20)25(24,14(3)26)29-15(4)27/h10,12-13,17-18,20-23H,6-9,11H2,1-5H3/t12-,13+,17+,18+,20+,21-,22+,23-,24-,25+/m0/s1. The fourth-order valence-electron chi connectivity index (χ4n) is 8.95. The van der Waals surface area contributed by atoms with Gasteiger partial charge in [-0.3, -0.25) is 14.4 Å². The molecule has 0 aromatic heterocycles. The number of allylic oxidation sites excluding steroid dienone is 1. The Kier molecular flexibility index (Phi) is 4.07. The van der Waals surface area contributed by atoms with Gasteiger partial charge in [0.15, 0.2) is 17.2 Å². The number of esters is 1. The molecule has 5 aliphatic rings. The van der Waals surface area contributed by atoms with Crippen molar-refractivity contribution in [3.8, 4) is 0 Å². The lowest BCUT2D eigenvalue weighted by Gasteiger charge is -2.60. The summed E-state index contributed by atoms with van der Waals surface area (Å²) in [6.45, 7) is 10.00. The van der Waals surface area contributed by atoms with Gasteiger partial charge < -0.3 is 4.74 Å². The summed E-state index contributed by atoms with van der Waals surface area (Å²) in [4.78, 5) is 37.3. The predicted octanol–water partition coefficient (Wildman–Crippen LogP) is 4.37. The lowest BCUT2D eigenvalue weighted by molar-refractivity contribution is -0.195. The summed E-state index contributed by atoms with van der Waals surface area (Å²) in [6.07, 6.45) is 6.66. The lowest BCUT2D eigenvalue weighted by Crippen LogP contribution is -2.61. The van der Waals surface area contributed by atoms with Crippen LogP contribution in [0.2, 0.25) is 0 Å².